The van der Waals surface area contributed by atoms with E-state index in [0.29, 0.717) is 12.3 Å². The zero-order valence-electron chi connectivity index (χ0n) is 19.7. The van der Waals surface area contributed by atoms with Crippen molar-refractivity contribution in [2.24, 2.45) is 5.92 Å². The van der Waals surface area contributed by atoms with E-state index in [4.69, 9.17) is 0 Å². The van der Waals surface area contributed by atoms with Crippen molar-refractivity contribution in [3.05, 3.63) is 108 Å². The molecule has 1 aliphatic rings. The lowest BCUT2D eigenvalue weighted by atomic mass is 9.87. The van der Waals surface area contributed by atoms with E-state index in [9.17, 15) is 9.18 Å². The van der Waals surface area contributed by atoms with Crippen LogP contribution in [0.1, 0.15) is 48.8 Å². The fraction of sp³-hybridized carbons (Fsp3) is 0.300. The maximum atomic E-state index is 13.8. The SMILES string of the molecule is CC1CCN(C(=O)C[C@@H](c2ccc(F)cc2)c2cn(Cc3ccccc3)c3ccccc23)CC1. The molecule has 3 aromatic carbocycles. The Labute approximate surface area is 200 Å². The molecule has 1 aromatic heterocycles. The van der Waals surface area contributed by atoms with Gasteiger partial charge in [-0.2, -0.15) is 0 Å². The molecule has 34 heavy (non-hydrogen) atoms. The third kappa shape index (κ3) is 4.77. The minimum Gasteiger partial charge on any atom is -0.343 e. The number of para-hydroxylation sites is 1. The topological polar surface area (TPSA) is 25.2 Å². The summed E-state index contributed by atoms with van der Waals surface area (Å²) in [4.78, 5) is 15.4. The molecule has 4 heteroatoms. The van der Waals surface area contributed by atoms with Crippen LogP contribution in [0.25, 0.3) is 10.9 Å². The Morgan fingerprint density at radius 1 is 0.941 bits per heavy atom. The molecule has 3 nitrogen and oxygen atoms in total. The van der Waals surface area contributed by atoms with Crippen LogP contribution in [0.15, 0.2) is 85.1 Å². The Bertz CT molecular complexity index is 1250. The fourth-order valence-electron chi connectivity index (χ4n) is 5.13. The molecule has 1 atom stereocenters. The second kappa shape index (κ2) is 9.84. The second-order valence-corrected chi connectivity index (χ2v) is 9.59. The maximum Gasteiger partial charge on any atom is 0.223 e. The van der Waals surface area contributed by atoms with Gasteiger partial charge in [-0.05, 0) is 53.6 Å². The van der Waals surface area contributed by atoms with Crippen LogP contribution in [0.5, 0.6) is 0 Å². The third-order valence-corrected chi connectivity index (χ3v) is 7.18. The number of amides is 1. The minimum atomic E-state index is -0.259. The molecule has 1 fully saturated rings. The van der Waals surface area contributed by atoms with Gasteiger partial charge in [-0.15, -0.1) is 0 Å². The number of hydrogen-bond acceptors (Lipinski definition) is 1. The number of hydrogen-bond donors (Lipinski definition) is 0. The van der Waals surface area contributed by atoms with Crippen LogP contribution < -0.4 is 0 Å². The molecule has 1 amide bonds. The predicted molar refractivity (Wildman–Crippen MR) is 135 cm³/mol. The molecule has 0 aliphatic carbocycles. The van der Waals surface area contributed by atoms with Gasteiger partial charge in [-0.1, -0.05) is 67.6 Å². The molecular formula is C30H31FN2O. The fourth-order valence-corrected chi connectivity index (χ4v) is 5.13. The van der Waals surface area contributed by atoms with E-state index in [-0.39, 0.29) is 17.6 Å². The Morgan fingerprint density at radius 2 is 1.62 bits per heavy atom. The van der Waals surface area contributed by atoms with Crippen LogP contribution in [0, 0.1) is 11.7 Å². The Balaban J connectivity index is 1.53. The summed E-state index contributed by atoms with van der Waals surface area (Å²) >= 11 is 0. The normalized spacial score (nSPS) is 15.5. The van der Waals surface area contributed by atoms with Crippen LogP contribution in [0.4, 0.5) is 4.39 Å². The average molecular weight is 455 g/mol. The zero-order valence-corrected chi connectivity index (χ0v) is 19.7. The first-order valence-electron chi connectivity index (χ1n) is 12.2. The quantitative estimate of drug-likeness (QED) is 0.322. The molecule has 1 saturated heterocycles. The van der Waals surface area contributed by atoms with E-state index in [2.05, 4.69) is 60.2 Å². The largest absolute Gasteiger partial charge is 0.343 e. The number of piperidine rings is 1. The van der Waals surface area contributed by atoms with Crippen molar-refractivity contribution in [3.8, 4) is 0 Å². The lowest BCUT2D eigenvalue weighted by molar-refractivity contribution is -0.132. The molecule has 0 N–H and O–H groups in total. The summed E-state index contributed by atoms with van der Waals surface area (Å²) in [6.07, 6.45) is 4.70. The molecule has 0 radical (unpaired) electrons. The van der Waals surface area contributed by atoms with Gasteiger partial charge >= 0.3 is 0 Å². The number of nitrogens with zero attached hydrogens (tertiary/aromatic N) is 2. The lowest BCUT2D eigenvalue weighted by Gasteiger charge is -2.31. The summed E-state index contributed by atoms with van der Waals surface area (Å²) in [6.45, 7) is 4.66. The molecule has 1 aliphatic heterocycles. The Morgan fingerprint density at radius 3 is 2.35 bits per heavy atom. The molecule has 4 aromatic rings. The highest BCUT2D eigenvalue weighted by Gasteiger charge is 2.27. The van der Waals surface area contributed by atoms with Crippen LogP contribution in [-0.4, -0.2) is 28.5 Å². The van der Waals surface area contributed by atoms with Gasteiger partial charge in [0.15, 0.2) is 0 Å². The number of likely N-dealkylation sites (tertiary alicyclic amines) is 1. The van der Waals surface area contributed by atoms with E-state index in [1.807, 2.05) is 29.2 Å². The summed E-state index contributed by atoms with van der Waals surface area (Å²) in [6, 6.07) is 25.4. The van der Waals surface area contributed by atoms with Crippen LogP contribution in [0.3, 0.4) is 0 Å². The molecule has 2 heterocycles. The van der Waals surface area contributed by atoms with Crippen molar-refractivity contribution in [1.82, 2.24) is 9.47 Å². The van der Waals surface area contributed by atoms with Crippen molar-refractivity contribution in [2.45, 2.75) is 38.6 Å². The molecule has 0 spiro atoms. The van der Waals surface area contributed by atoms with Crippen molar-refractivity contribution < 1.29 is 9.18 Å². The number of aromatic nitrogens is 1. The molecule has 5 rings (SSSR count). The monoisotopic (exact) mass is 454 g/mol. The van der Waals surface area contributed by atoms with Crippen LogP contribution in [0.2, 0.25) is 0 Å². The molecule has 174 valence electrons. The highest BCUT2D eigenvalue weighted by Crippen LogP contribution is 2.36. The summed E-state index contributed by atoms with van der Waals surface area (Å²) < 4.78 is 16.0. The van der Waals surface area contributed by atoms with Crippen molar-refractivity contribution in [1.29, 1.82) is 0 Å². The van der Waals surface area contributed by atoms with Gasteiger partial charge in [0.2, 0.25) is 5.91 Å². The first-order valence-corrected chi connectivity index (χ1v) is 12.2. The van der Waals surface area contributed by atoms with Gasteiger partial charge in [0, 0.05) is 49.1 Å². The van der Waals surface area contributed by atoms with Crippen LogP contribution >= 0.6 is 0 Å². The number of halogens is 1. The van der Waals surface area contributed by atoms with Crippen molar-refractivity contribution in [2.75, 3.05) is 13.1 Å². The summed E-state index contributed by atoms with van der Waals surface area (Å²) in [5.74, 6) is 0.466. The third-order valence-electron chi connectivity index (χ3n) is 7.18. The number of fused-ring (bicyclic) bond motifs is 1. The van der Waals surface area contributed by atoms with Gasteiger partial charge < -0.3 is 9.47 Å². The highest BCUT2D eigenvalue weighted by atomic mass is 19.1. The van der Waals surface area contributed by atoms with Gasteiger partial charge in [-0.25, -0.2) is 4.39 Å². The summed E-state index contributed by atoms with van der Waals surface area (Å²) in [5.41, 5.74) is 4.47. The average Bonchev–Trinajstić information content (AvgIpc) is 3.22. The summed E-state index contributed by atoms with van der Waals surface area (Å²) in [5, 5.41) is 1.15. The minimum absolute atomic E-state index is 0.130. The van der Waals surface area contributed by atoms with Gasteiger partial charge in [0.05, 0.1) is 0 Å². The first kappa shape index (κ1) is 22.4. The Kier molecular flexibility index (Phi) is 6.48. The van der Waals surface area contributed by atoms with Crippen LogP contribution in [-0.2, 0) is 11.3 Å². The van der Waals surface area contributed by atoms with Crippen molar-refractivity contribution in [3.63, 3.8) is 0 Å². The first-order chi connectivity index (χ1) is 16.6. The van der Waals surface area contributed by atoms with E-state index < -0.39 is 0 Å². The Hall–Kier alpha value is -3.40. The lowest BCUT2D eigenvalue weighted by Crippen LogP contribution is -2.38. The predicted octanol–water partition coefficient (Wildman–Crippen LogP) is 6.61. The van der Waals surface area contributed by atoms with Gasteiger partial charge in [-0.3, -0.25) is 4.79 Å². The molecule has 0 saturated carbocycles. The van der Waals surface area contributed by atoms with E-state index >= 15 is 0 Å². The standard InChI is InChI=1S/C30H31FN2O/c1-22-15-17-32(18-16-22)30(34)19-27(24-11-13-25(31)14-12-24)28-21-33(20-23-7-3-2-4-8-23)29-10-6-5-9-26(28)29/h2-14,21-22,27H,15-20H2,1H3/t27-/m0/s1. The van der Waals surface area contributed by atoms with E-state index in [1.165, 1.54) is 17.7 Å². The molecular weight excluding hydrogens is 423 g/mol. The van der Waals surface area contributed by atoms with Gasteiger partial charge in [0.1, 0.15) is 5.82 Å². The van der Waals surface area contributed by atoms with Crippen molar-refractivity contribution >= 4 is 16.8 Å². The highest BCUT2D eigenvalue weighted by molar-refractivity contribution is 5.87. The van der Waals surface area contributed by atoms with E-state index in [0.717, 1.165) is 54.5 Å². The molecule has 0 bridgehead atoms. The van der Waals surface area contributed by atoms with Gasteiger partial charge in [0.25, 0.3) is 0 Å². The number of benzene rings is 3. The zero-order chi connectivity index (χ0) is 23.5. The number of carbonyl (C=O) groups excluding carboxylic acids is 1. The maximum absolute atomic E-state index is 13.8. The number of carbonyl (C=O) groups is 1. The number of rotatable bonds is 6. The molecule has 0 unspecified atom stereocenters. The summed E-state index contributed by atoms with van der Waals surface area (Å²) in [7, 11) is 0. The second-order valence-electron chi connectivity index (χ2n) is 9.59. The smallest absolute Gasteiger partial charge is 0.223 e. The van der Waals surface area contributed by atoms with E-state index in [1.54, 1.807) is 0 Å².